The van der Waals surface area contributed by atoms with Crippen LogP contribution in [0.15, 0.2) is 41.8 Å². The molecule has 1 aliphatic rings. The van der Waals surface area contributed by atoms with Crippen molar-refractivity contribution in [3.8, 4) is 0 Å². The lowest BCUT2D eigenvalue weighted by Crippen LogP contribution is -3.27. The number of benzene rings is 1. The number of piperazine rings is 1. The Hall–Kier alpha value is -1.69. The molecule has 4 nitrogen and oxygen atoms in total. The Morgan fingerprint density at radius 1 is 1.12 bits per heavy atom. The van der Waals surface area contributed by atoms with E-state index in [2.05, 4.69) is 36.8 Å². The highest BCUT2D eigenvalue weighted by atomic mass is 32.1. The van der Waals surface area contributed by atoms with E-state index in [1.54, 1.807) is 21.1 Å². The third-order valence-electron chi connectivity index (χ3n) is 5.21. The average Bonchev–Trinajstić information content (AvgIpc) is 3.11. The average molecular weight is 360 g/mol. The molecule has 2 heterocycles. The van der Waals surface area contributed by atoms with Gasteiger partial charge in [-0.1, -0.05) is 23.8 Å². The standard InChI is InChI=1S/C20H27N3OS/c1-15-6-8-17(9-7-15)20(24)21-16(2)19(18-5-4-14-25-18)23-12-10-22(3)11-13-23/h4-9,14,16,19H,10-13H2,1-3H3,(H,21,24)/p+2/t16-,19-/m0/s1. The van der Waals surface area contributed by atoms with Gasteiger partial charge < -0.3 is 15.1 Å². The summed E-state index contributed by atoms with van der Waals surface area (Å²) in [6, 6.07) is 12.5. The minimum Gasteiger partial charge on any atom is -0.343 e. The quantitative estimate of drug-likeness (QED) is 0.707. The summed E-state index contributed by atoms with van der Waals surface area (Å²) in [4.78, 5) is 17.2. The molecule has 1 amide bonds. The summed E-state index contributed by atoms with van der Waals surface area (Å²) >= 11 is 1.80. The van der Waals surface area contributed by atoms with Crippen molar-refractivity contribution in [2.45, 2.75) is 25.9 Å². The van der Waals surface area contributed by atoms with Crippen LogP contribution in [0, 0.1) is 6.92 Å². The summed E-state index contributed by atoms with van der Waals surface area (Å²) in [5.41, 5.74) is 1.91. The van der Waals surface area contributed by atoms with E-state index < -0.39 is 0 Å². The Bertz CT molecular complexity index is 675. The topological polar surface area (TPSA) is 38.0 Å². The van der Waals surface area contributed by atoms with Gasteiger partial charge in [-0.05, 0) is 37.4 Å². The van der Waals surface area contributed by atoms with Crippen molar-refractivity contribution < 1.29 is 14.6 Å². The molecule has 0 spiro atoms. The molecule has 134 valence electrons. The van der Waals surface area contributed by atoms with Crippen LogP contribution in [0.25, 0.3) is 0 Å². The van der Waals surface area contributed by atoms with Crippen LogP contribution in [0.4, 0.5) is 0 Å². The van der Waals surface area contributed by atoms with Crippen LogP contribution in [0.2, 0.25) is 0 Å². The fourth-order valence-corrected chi connectivity index (χ4v) is 4.65. The van der Waals surface area contributed by atoms with Crippen LogP contribution in [0.1, 0.15) is 33.8 Å². The number of hydrogen-bond donors (Lipinski definition) is 3. The van der Waals surface area contributed by atoms with E-state index in [0.717, 1.165) is 18.7 Å². The molecule has 1 saturated heterocycles. The lowest BCUT2D eigenvalue weighted by Gasteiger charge is -2.36. The number of thiophene rings is 1. The number of hydrogen-bond acceptors (Lipinski definition) is 2. The first-order valence-corrected chi connectivity index (χ1v) is 9.99. The number of carbonyl (C=O) groups is 1. The van der Waals surface area contributed by atoms with Gasteiger partial charge in [-0.3, -0.25) is 4.79 Å². The zero-order valence-corrected chi connectivity index (χ0v) is 16.2. The Balaban J connectivity index is 1.74. The lowest BCUT2D eigenvalue weighted by molar-refractivity contribution is -1.02. The zero-order valence-electron chi connectivity index (χ0n) is 15.3. The minimum atomic E-state index is 0.0215. The number of nitrogens with one attached hydrogen (secondary N) is 3. The van der Waals surface area contributed by atoms with Gasteiger partial charge in [0.05, 0.1) is 18.0 Å². The number of quaternary nitrogens is 2. The summed E-state index contributed by atoms with van der Waals surface area (Å²) in [7, 11) is 2.26. The van der Waals surface area contributed by atoms with Gasteiger partial charge in [-0.2, -0.15) is 0 Å². The molecule has 5 heteroatoms. The molecule has 0 saturated carbocycles. The molecular formula is C20H29N3OS+2. The molecule has 0 radical (unpaired) electrons. The van der Waals surface area contributed by atoms with Crippen LogP contribution in [-0.2, 0) is 0 Å². The van der Waals surface area contributed by atoms with Crippen LogP contribution in [-0.4, -0.2) is 45.2 Å². The van der Waals surface area contributed by atoms with Gasteiger partial charge in [0.25, 0.3) is 5.91 Å². The SMILES string of the molecule is Cc1ccc(C(=O)N[C@@H](C)[C@@H](c2cccs2)[NH+]2CC[NH+](C)CC2)cc1. The van der Waals surface area contributed by atoms with Crippen LogP contribution in [0.5, 0.6) is 0 Å². The maximum atomic E-state index is 12.7. The predicted molar refractivity (Wildman–Crippen MR) is 102 cm³/mol. The maximum Gasteiger partial charge on any atom is 0.251 e. The van der Waals surface area contributed by atoms with E-state index in [0.29, 0.717) is 6.04 Å². The van der Waals surface area contributed by atoms with Crippen LogP contribution in [0.3, 0.4) is 0 Å². The Labute approximate surface area is 154 Å². The predicted octanol–water partition coefficient (Wildman–Crippen LogP) is 0.329. The molecular weight excluding hydrogens is 330 g/mol. The van der Waals surface area contributed by atoms with Crippen molar-refractivity contribution in [3.05, 3.63) is 57.8 Å². The van der Waals surface area contributed by atoms with Gasteiger partial charge in [0, 0.05) is 5.56 Å². The number of aryl methyl sites for hydroxylation is 1. The van der Waals surface area contributed by atoms with E-state index in [1.807, 2.05) is 31.2 Å². The molecule has 3 N–H and O–H groups in total. The number of rotatable bonds is 5. The van der Waals surface area contributed by atoms with E-state index >= 15 is 0 Å². The Morgan fingerprint density at radius 2 is 1.80 bits per heavy atom. The monoisotopic (exact) mass is 359 g/mol. The van der Waals surface area contributed by atoms with Gasteiger partial charge in [0.15, 0.2) is 0 Å². The lowest BCUT2D eigenvalue weighted by atomic mass is 10.0. The minimum absolute atomic E-state index is 0.0215. The Morgan fingerprint density at radius 3 is 2.40 bits per heavy atom. The van der Waals surface area contributed by atoms with Crippen molar-refractivity contribution in [2.24, 2.45) is 0 Å². The van der Waals surface area contributed by atoms with E-state index in [1.165, 1.54) is 23.5 Å². The van der Waals surface area contributed by atoms with E-state index in [4.69, 9.17) is 0 Å². The van der Waals surface area contributed by atoms with E-state index in [-0.39, 0.29) is 11.9 Å². The highest BCUT2D eigenvalue weighted by molar-refractivity contribution is 7.10. The molecule has 1 aliphatic heterocycles. The van der Waals surface area contributed by atoms with Gasteiger partial charge in [0.2, 0.25) is 0 Å². The van der Waals surface area contributed by atoms with Gasteiger partial charge in [-0.25, -0.2) is 0 Å². The highest BCUT2D eigenvalue weighted by Gasteiger charge is 2.34. The Kier molecular flexibility index (Phi) is 5.89. The molecule has 1 fully saturated rings. The summed E-state index contributed by atoms with van der Waals surface area (Å²) in [5, 5.41) is 5.39. The fraction of sp³-hybridized carbons (Fsp3) is 0.450. The van der Waals surface area contributed by atoms with Crippen LogP contribution >= 0.6 is 11.3 Å². The second kappa shape index (κ2) is 8.13. The molecule has 1 aromatic carbocycles. The summed E-state index contributed by atoms with van der Waals surface area (Å²) in [6.07, 6.45) is 0. The van der Waals surface area contributed by atoms with Crippen LogP contribution < -0.4 is 15.1 Å². The fourth-order valence-electron chi connectivity index (χ4n) is 3.66. The van der Waals surface area contributed by atoms with E-state index in [9.17, 15) is 4.79 Å². The normalized spacial score (nSPS) is 23.0. The van der Waals surface area contributed by atoms with Crippen molar-refractivity contribution in [2.75, 3.05) is 33.2 Å². The van der Waals surface area contributed by atoms with Crippen molar-refractivity contribution in [1.82, 2.24) is 5.32 Å². The molecule has 2 atom stereocenters. The second-order valence-corrected chi connectivity index (χ2v) is 8.22. The largest absolute Gasteiger partial charge is 0.343 e. The third-order valence-corrected chi connectivity index (χ3v) is 6.16. The molecule has 1 aromatic heterocycles. The summed E-state index contributed by atoms with van der Waals surface area (Å²) < 4.78 is 0. The molecule has 0 bridgehead atoms. The van der Waals surface area contributed by atoms with Gasteiger partial charge in [0.1, 0.15) is 32.2 Å². The zero-order chi connectivity index (χ0) is 17.8. The summed E-state index contributed by atoms with van der Waals surface area (Å²) in [5.74, 6) is 0.0215. The second-order valence-electron chi connectivity index (χ2n) is 7.24. The maximum absolute atomic E-state index is 12.7. The smallest absolute Gasteiger partial charge is 0.251 e. The molecule has 0 unspecified atom stereocenters. The number of carbonyl (C=O) groups excluding carboxylic acids is 1. The third kappa shape index (κ3) is 4.48. The van der Waals surface area contributed by atoms with Gasteiger partial charge in [-0.15, -0.1) is 11.3 Å². The molecule has 2 aromatic rings. The first-order valence-electron chi connectivity index (χ1n) is 9.11. The summed E-state index contributed by atoms with van der Waals surface area (Å²) in [6.45, 7) is 8.87. The molecule has 0 aliphatic carbocycles. The van der Waals surface area contributed by atoms with Crippen molar-refractivity contribution >= 4 is 17.2 Å². The van der Waals surface area contributed by atoms with Crippen molar-refractivity contribution in [3.63, 3.8) is 0 Å². The molecule has 25 heavy (non-hydrogen) atoms. The molecule has 3 rings (SSSR count). The number of amides is 1. The van der Waals surface area contributed by atoms with Crippen molar-refractivity contribution in [1.29, 1.82) is 0 Å². The number of likely N-dealkylation sites (N-methyl/N-ethyl adjacent to an activating group) is 1. The first kappa shape index (κ1) is 18.1. The first-order chi connectivity index (χ1) is 12.0. The van der Waals surface area contributed by atoms with Gasteiger partial charge >= 0.3 is 0 Å². The highest BCUT2D eigenvalue weighted by Crippen LogP contribution is 2.20.